The molecule has 1 unspecified atom stereocenters. The molecule has 1 heterocycles. The molecule has 0 aromatic carbocycles. The summed E-state index contributed by atoms with van der Waals surface area (Å²) >= 11 is 9.10. The number of rotatable bonds is 1. The first-order valence-electron chi connectivity index (χ1n) is 4.00. The van der Waals surface area contributed by atoms with Crippen molar-refractivity contribution < 1.29 is 4.70 Å². The van der Waals surface area contributed by atoms with Crippen LogP contribution in [-0.2, 0) is 0 Å². The molecule has 0 saturated heterocycles. The summed E-state index contributed by atoms with van der Waals surface area (Å²) in [5.74, 6) is 0. The highest BCUT2D eigenvalue weighted by Gasteiger charge is 2.43. The second-order valence-electron chi connectivity index (χ2n) is 3.34. The van der Waals surface area contributed by atoms with Gasteiger partial charge in [0.2, 0.25) is 9.79 Å². The number of hydrogen-bond donors (Lipinski definition) is 0. The maximum atomic E-state index is 5.83. The standard InChI is InChI=1S/C7H10BrClN3/c1-12(5-3-2-4-5)10-6(8)7(9)11-12/h5H,2-4H2,1H3/q+1. The maximum absolute atomic E-state index is 5.83. The van der Waals surface area contributed by atoms with Gasteiger partial charge < -0.3 is 0 Å². The Morgan fingerprint density at radius 1 is 1.50 bits per heavy atom. The third-order valence-electron chi connectivity index (χ3n) is 2.52. The molecule has 1 aliphatic heterocycles. The average Bonchev–Trinajstić information content (AvgIpc) is 2.02. The summed E-state index contributed by atoms with van der Waals surface area (Å²) in [6.45, 7) is 0. The molecule has 1 aliphatic carbocycles. The second-order valence-corrected chi connectivity index (χ2v) is 4.45. The first-order chi connectivity index (χ1) is 5.62. The average molecular weight is 252 g/mol. The molecule has 5 heteroatoms. The Balaban J connectivity index is 2.23. The van der Waals surface area contributed by atoms with Crippen LogP contribution in [0.15, 0.2) is 10.2 Å². The van der Waals surface area contributed by atoms with Gasteiger partial charge in [-0.05, 0) is 32.6 Å². The molecular weight excluding hydrogens is 241 g/mol. The molecule has 0 amide bonds. The van der Waals surface area contributed by atoms with Gasteiger partial charge in [-0.25, -0.2) is 0 Å². The molecule has 0 aromatic heterocycles. The van der Waals surface area contributed by atoms with Gasteiger partial charge >= 0.3 is 0 Å². The summed E-state index contributed by atoms with van der Waals surface area (Å²) in [5.41, 5.74) is 0. The molecule has 3 nitrogen and oxygen atoms in total. The zero-order valence-electron chi connectivity index (χ0n) is 6.80. The van der Waals surface area contributed by atoms with Gasteiger partial charge in [-0.3, -0.25) is 0 Å². The molecule has 0 aromatic rings. The number of hydrogen-bond acceptors (Lipinski definition) is 2. The molecule has 2 aliphatic rings. The van der Waals surface area contributed by atoms with Crippen LogP contribution in [0.1, 0.15) is 19.3 Å². The van der Waals surface area contributed by atoms with Crippen molar-refractivity contribution in [2.24, 2.45) is 10.2 Å². The summed E-state index contributed by atoms with van der Waals surface area (Å²) in [6, 6.07) is 0.536. The van der Waals surface area contributed by atoms with E-state index < -0.39 is 0 Å². The van der Waals surface area contributed by atoms with Crippen LogP contribution >= 0.6 is 27.5 Å². The first-order valence-corrected chi connectivity index (χ1v) is 5.17. The van der Waals surface area contributed by atoms with E-state index in [0.29, 0.717) is 20.5 Å². The number of halogens is 2. The highest BCUT2D eigenvalue weighted by molar-refractivity contribution is 9.19. The fourth-order valence-electron chi connectivity index (χ4n) is 1.50. The Morgan fingerprint density at radius 3 is 2.50 bits per heavy atom. The van der Waals surface area contributed by atoms with Crippen LogP contribution in [0.25, 0.3) is 0 Å². The normalized spacial score (nSPS) is 35.9. The fourth-order valence-corrected chi connectivity index (χ4v) is 2.09. The lowest BCUT2D eigenvalue weighted by molar-refractivity contribution is -0.949. The predicted molar refractivity (Wildman–Crippen MR) is 53.5 cm³/mol. The van der Waals surface area contributed by atoms with E-state index in [2.05, 4.69) is 26.1 Å². The van der Waals surface area contributed by atoms with Crippen molar-refractivity contribution in [1.82, 2.24) is 0 Å². The van der Waals surface area contributed by atoms with Gasteiger partial charge in [0.05, 0.1) is 0 Å². The van der Waals surface area contributed by atoms with Crippen molar-refractivity contribution in [1.29, 1.82) is 0 Å². The lowest BCUT2D eigenvalue weighted by Gasteiger charge is -2.33. The van der Waals surface area contributed by atoms with E-state index in [1.165, 1.54) is 19.3 Å². The summed E-state index contributed by atoms with van der Waals surface area (Å²) in [4.78, 5) is 0. The molecule has 12 heavy (non-hydrogen) atoms. The predicted octanol–water partition coefficient (Wildman–Crippen LogP) is 2.26. The van der Waals surface area contributed by atoms with Crippen LogP contribution in [0.3, 0.4) is 0 Å². The Kier molecular flexibility index (Phi) is 2.01. The molecule has 0 N–H and O–H groups in total. The molecular formula is C7H10BrClN3+. The smallest absolute Gasteiger partial charge is 0.0750 e. The van der Waals surface area contributed by atoms with Crippen molar-refractivity contribution in [3.8, 4) is 0 Å². The topological polar surface area (TPSA) is 24.7 Å². The Labute approximate surface area is 84.8 Å². The minimum absolute atomic E-state index is 0.388. The lowest BCUT2D eigenvalue weighted by atomic mass is 9.92. The van der Waals surface area contributed by atoms with Crippen LogP contribution < -0.4 is 0 Å². The number of nitrogens with zero attached hydrogens (tertiary/aromatic N) is 3. The second kappa shape index (κ2) is 2.79. The van der Waals surface area contributed by atoms with Gasteiger partial charge in [0.15, 0.2) is 0 Å². The molecule has 1 saturated carbocycles. The van der Waals surface area contributed by atoms with Crippen LogP contribution in [0.5, 0.6) is 0 Å². The lowest BCUT2D eigenvalue weighted by Crippen LogP contribution is -2.46. The van der Waals surface area contributed by atoms with E-state index in [-0.39, 0.29) is 0 Å². The van der Waals surface area contributed by atoms with Crippen LogP contribution in [0.4, 0.5) is 0 Å². The summed E-state index contributed by atoms with van der Waals surface area (Å²) < 4.78 is 1.07. The number of quaternary nitrogens is 1. The monoisotopic (exact) mass is 250 g/mol. The summed E-state index contributed by atoms with van der Waals surface area (Å²) in [6.07, 6.45) is 3.70. The molecule has 2 rings (SSSR count). The fraction of sp³-hybridized carbons (Fsp3) is 0.714. The zero-order valence-corrected chi connectivity index (χ0v) is 9.14. The molecule has 0 radical (unpaired) electrons. The van der Waals surface area contributed by atoms with E-state index in [0.717, 1.165) is 0 Å². The van der Waals surface area contributed by atoms with Gasteiger partial charge in [0.1, 0.15) is 13.1 Å². The molecule has 1 fully saturated rings. The molecule has 0 spiro atoms. The quantitative estimate of drug-likeness (QED) is 0.639. The van der Waals surface area contributed by atoms with E-state index in [4.69, 9.17) is 11.6 Å². The van der Waals surface area contributed by atoms with Crippen molar-refractivity contribution in [2.45, 2.75) is 25.3 Å². The summed E-state index contributed by atoms with van der Waals surface area (Å²) in [7, 11) is 1.99. The maximum Gasteiger partial charge on any atom is 0.225 e. The van der Waals surface area contributed by atoms with Crippen molar-refractivity contribution in [3.63, 3.8) is 0 Å². The third kappa shape index (κ3) is 1.22. The summed E-state index contributed by atoms with van der Waals surface area (Å²) in [5, 5.41) is 9.14. The van der Waals surface area contributed by atoms with Crippen molar-refractivity contribution >= 4 is 37.3 Å². The Bertz CT molecular complexity index is 252. The van der Waals surface area contributed by atoms with Crippen LogP contribution in [0, 0.1) is 0 Å². The van der Waals surface area contributed by atoms with Gasteiger partial charge in [-0.15, -0.1) is 0 Å². The van der Waals surface area contributed by atoms with Crippen molar-refractivity contribution in [3.05, 3.63) is 0 Å². The highest BCUT2D eigenvalue weighted by Crippen LogP contribution is 2.34. The van der Waals surface area contributed by atoms with Crippen LogP contribution in [-0.4, -0.2) is 27.6 Å². The minimum Gasteiger partial charge on any atom is -0.0750 e. The SMILES string of the molecule is C[N+]1(C2CCC2)N=C(Cl)C(Br)=N1. The zero-order chi connectivity index (χ0) is 8.77. The van der Waals surface area contributed by atoms with E-state index in [1.807, 2.05) is 7.05 Å². The van der Waals surface area contributed by atoms with Crippen LogP contribution in [0.2, 0.25) is 0 Å². The van der Waals surface area contributed by atoms with E-state index in [1.54, 1.807) is 0 Å². The Morgan fingerprint density at radius 2 is 2.17 bits per heavy atom. The van der Waals surface area contributed by atoms with Crippen molar-refractivity contribution in [2.75, 3.05) is 7.05 Å². The Hall–Kier alpha value is 0.0700. The van der Waals surface area contributed by atoms with Gasteiger partial charge in [0.25, 0.3) is 0 Å². The largest absolute Gasteiger partial charge is 0.225 e. The van der Waals surface area contributed by atoms with Gasteiger partial charge in [-0.2, -0.15) is 0 Å². The van der Waals surface area contributed by atoms with E-state index in [9.17, 15) is 0 Å². The molecule has 66 valence electrons. The van der Waals surface area contributed by atoms with Gasteiger partial charge in [0, 0.05) is 12.8 Å². The highest BCUT2D eigenvalue weighted by atomic mass is 79.9. The minimum atomic E-state index is 0.388. The van der Waals surface area contributed by atoms with Gasteiger partial charge in [-0.1, -0.05) is 16.3 Å². The molecule has 0 bridgehead atoms. The molecule has 1 atom stereocenters. The first kappa shape index (κ1) is 8.66. The third-order valence-corrected chi connectivity index (χ3v) is 3.53. The van der Waals surface area contributed by atoms with E-state index >= 15 is 0 Å².